The van der Waals surface area contributed by atoms with E-state index in [0.29, 0.717) is 13.0 Å². The molecule has 0 unspecified atom stereocenters. The summed E-state index contributed by atoms with van der Waals surface area (Å²) in [5, 5.41) is 2.81. The fraction of sp³-hybridized carbons (Fsp3) is 0.200. The number of ether oxygens (including phenoxy) is 1. The standard InChI is InChI=1S/C25H24ClNO5S/c1-33(30,31)20-12-13-23(26)22(16-20)25(29)32-17-24(28)27-15-14-21(18-8-4-2-5-9-18)19-10-6-3-7-11-19/h2-13,16,21H,14-15,17H2,1H3,(H,27,28). The molecule has 0 heterocycles. The van der Waals surface area contributed by atoms with Gasteiger partial charge < -0.3 is 10.1 Å². The van der Waals surface area contributed by atoms with Gasteiger partial charge in [0.05, 0.1) is 15.5 Å². The van der Waals surface area contributed by atoms with Crippen LogP contribution < -0.4 is 5.32 Å². The Bertz CT molecular complexity index is 1170. The molecule has 3 rings (SSSR count). The van der Waals surface area contributed by atoms with Crippen LogP contribution in [0.25, 0.3) is 0 Å². The molecule has 0 aliphatic heterocycles. The van der Waals surface area contributed by atoms with Crippen molar-refractivity contribution in [1.82, 2.24) is 5.32 Å². The molecular weight excluding hydrogens is 462 g/mol. The third-order valence-corrected chi connectivity index (χ3v) is 6.52. The minimum Gasteiger partial charge on any atom is -0.452 e. The summed E-state index contributed by atoms with van der Waals surface area (Å²) < 4.78 is 28.4. The number of carbonyl (C=O) groups is 2. The molecule has 172 valence electrons. The van der Waals surface area contributed by atoms with Crippen LogP contribution in [0.15, 0.2) is 83.8 Å². The van der Waals surface area contributed by atoms with Gasteiger partial charge in [0.1, 0.15) is 0 Å². The summed E-state index contributed by atoms with van der Waals surface area (Å²) in [5.41, 5.74) is 2.18. The van der Waals surface area contributed by atoms with E-state index >= 15 is 0 Å². The van der Waals surface area contributed by atoms with Gasteiger partial charge in [0, 0.05) is 18.7 Å². The van der Waals surface area contributed by atoms with Crippen molar-refractivity contribution in [3.8, 4) is 0 Å². The van der Waals surface area contributed by atoms with Crippen molar-refractivity contribution in [1.29, 1.82) is 0 Å². The highest BCUT2D eigenvalue weighted by atomic mass is 35.5. The fourth-order valence-electron chi connectivity index (χ4n) is 3.40. The lowest BCUT2D eigenvalue weighted by molar-refractivity contribution is -0.124. The normalized spacial score (nSPS) is 11.2. The van der Waals surface area contributed by atoms with Crippen molar-refractivity contribution in [3.05, 3.63) is 101 Å². The number of rotatable bonds is 9. The zero-order valence-electron chi connectivity index (χ0n) is 18.0. The van der Waals surface area contributed by atoms with E-state index in [-0.39, 0.29) is 21.4 Å². The molecule has 0 spiro atoms. The number of benzene rings is 3. The largest absolute Gasteiger partial charge is 0.452 e. The Labute approximate surface area is 198 Å². The first-order valence-corrected chi connectivity index (χ1v) is 12.6. The Kier molecular flexibility index (Phi) is 8.25. The minimum absolute atomic E-state index is 0.0429. The summed E-state index contributed by atoms with van der Waals surface area (Å²) in [6.45, 7) is -0.116. The maximum Gasteiger partial charge on any atom is 0.340 e. The summed E-state index contributed by atoms with van der Waals surface area (Å²) >= 11 is 6.00. The smallest absolute Gasteiger partial charge is 0.340 e. The molecule has 8 heteroatoms. The predicted molar refractivity (Wildman–Crippen MR) is 127 cm³/mol. The van der Waals surface area contributed by atoms with Gasteiger partial charge in [-0.2, -0.15) is 0 Å². The van der Waals surface area contributed by atoms with Crippen molar-refractivity contribution in [2.75, 3.05) is 19.4 Å². The Morgan fingerprint density at radius 1 is 0.939 bits per heavy atom. The fourth-order valence-corrected chi connectivity index (χ4v) is 4.25. The third kappa shape index (κ3) is 6.91. The van der Waals surface area contributed by atoms with E-state index in [0.717, 1.165) is 23.4 Å². The van der Waals surface area contributed by atoms with Crippen molar-refractivity contribution in [3.63, 3.8) is 0 Å². The second kappa shape index (κ2) is 11.1. The molecule has 0 aliphatic carbocycles. The first-order valence-electron chi connectivity index (χ1n) is 10.3. The molecular formula is C25H24ClNO5S. The lowest BCUT2D eigenvalue weighted by Gasteiger charge is -2.18. The van der Waals surface area contributed by atoms with E-state index in [1.165, 1.54) is 12.1 Å². The van der Waals surface area contributed by atoms with E-state index in [1.807, 2.05) is 36.4 Å². The van der Waals surface area contributed by atoms with Crippen LogP contribution in [-0.2, 0) is 19.4 Å². The van der Waals surface area contributed by atoms with E-state index < -0.39 is 28.3 Å². The average molecular weight is 486 g/mol. The Morgan fingerprint density at radius 3 is 2.06 bits per heavy atom. The molecule has 6 nitrogen and oxygen atoms in total. The number of hydrogen-bond donors (Lipinski definition) is 1. The Morgan fingerprint density at radius 2 is 1.52 bits per heavy atom. The van der Waals surface area contributed by atoms with Gasteiger partial charge in [0.25, 0.3) is 5.91 Å². The highest BCUT2D eigenvalue weighted by Gasteiger charge is 2.18. The van der Waals surface area contributed by atoms with Crippen LogP contribution in [0, 0.1) is 0 Å². The topological polar surface area (TPSA) is 89.5 Å². The average Bonchev–Trinajstić information content (AvgIpc) is 2.81. The van der Waals surface area contributed by atoms with E-state index in [4.69, 9.17) is 16.3 Å². The molecule has 3 aromatic rings. The summed E-state index contributed by atoms with van der Waals surface area (Å²) in [4.78, 5) is 24.5. The van der Waals surface area contributed by atoms with Crippen LogP contribution in [0.3, 0.4) is 0 Å². The Balaban J connectivity index is 1.56. The first kappa shape index (κ1) is 24.5. The first-order chi connectivity index (χ1) is 15.8. The molecule has 0 radical (unpaired) electrons. The molecule has 0 aliphatic rings. The third-order valence-electron chi connectivity index (χ3n) is 5.08. The van der Waals surface area contributed by atoms with Crippen molar-refractivity contribution >= 4 is 33.3 Å². The maximum absolute atomic E-state index is 12.3. The SMILES string of the molecule is CS(=O)(=O)c1ccc(Cl)c(C(=O)OCC(=O)NCCC(c2ccccc2)c2ccccc2)c1. The van der Waals surface area contributed by atoms with Crippen LogP contribution in [0.2, 0.25) is 5.02 Å². The van der Waals surface area contributed by atoms with E-state index in [2.05, 4.69) is 29.6 Å². The zero-order valence-corrected chi connectivity index (χ0v) is 19.6. The molecule has 0 saturated heterocycles. The number of carbonyl (C=O) groups excluding carboxylic acids is 2. The summed E-state index contributed by atoms with van der Waals surface area (Å²) in [6, 6.07) is 23.8. The quantitative estimate of drug-likeness (QED) is 0.458. The second-order valence-electron chi connectivity index (χ2n) is 7.50. The van der Waals surface area contributed by atoms with Crippen LogP contribution in [0.5, 0.6) is 0 Å². The minimum atomic E-state index is -3.52. The van der Waals surface area contributed by atoms with Crippen molar-refractivity contribution in [2.24, 2.45) is 0 Å². The van der Waals surface area contributed by atoms with Crippen LogP contribution in [-0.4, -0.2) is 39.7 Å². The van der Waals surface area contributed by atoms with Gasteiger partial charge in [0.2, 0.25) is 0 Å². The molecule has 0 saturated carbocycles. The number of sulfone groups is 1. The molecule has 1 amide bonds. The lowest BCUT2D eigenvalue weighted by Crippen LogP contribution is -2.30. The number of amides is 1. The summed E-state index contributed by atoms with van der Waals surface area (Å²) in [6.07, 6.45) is 1.69. The molecule has 0 aromatic heterocycles. The van der Waals surface area contributed by atoms with Crippen molar-refractivity contribution in [2.45, 2.75) is 17.2 Å². The number of hydrogen-bond acceptors (Lipinski definition) is 5. The highest BCUT2D eigenvalue weighted by Crippen LogP contribution is 2.27. The predicted octanol–water partition coefficient (Wildman–Crippen LogP) is 4.24. The molecule has 3 aromatic carbocycles. The molecule has 33 heavy (non-hydrogen) atoms. The zero-order chi connectivity index (χ0) is 23.8. The lowest BCUT2D eigenvalue weighted by atomic mass is 9.88. The van der Waals surface area contributed by atoms with Crippen molar-refractivity contribution < 1.29 is 22.7 Å². The summed E-state index contributed by atoms with van der Waals surface area (Å²) in [7, 11) is -3.52. The van der Waals surface area contributed by atoms with E-state index in [9.17, 15) is 18.0 Å². The number of esters is 1. The van der Waals surface area contributed by atoms with Gasteiger partial charge in [-0.15, -0.1) is 0 Å². The molecule has 0 atom stereocenters. The van der Waals surface area contributed by atoms with Crippen LogP contribution in [0.4, 0.5) is 0 Å². The van der Waals surface area contributed by atoms with Gasteiger partial charge in [-0.1, -0.05) is 72.3 Å². The van der Waals surface area contributed by atoms with Gasteiger partial charge in [-0.25, -0.2) is 13.2 Å². The number of halogens is 1. The van der Waals surface area contributed by atoms with Gasteiger partial charge in [0.15, 0.2) is 16.4 Å². The van der Waals surface area contributed by atoms with Gasteiger partial charge in [-0.05, 0) is 35.7 Å². The van der Waals surface area contributed by atoms with Gasteiger partial charge in [-0.3, -0.25) is 4.79 Å². The maximum atomic E-state index is 12.3. The van der Waals surface area contributed by atoms with Crippen LogP contribution in [0.1, 0.15) is 33.8 Å². The molecule has 1 N–H and O–H groups in total. The second-order valence-corrected chi connectivity index (χ2v) is 9.93. The van der Waals surface area contributed by atoms with Gasteiger partial charge >= 0.3 is 5.97 Å². The molecule has 0 bridgehead atoms. The highest BCUT2D eigenvalue weighted by molar-refractivity contribution is 7.90. The van der Waals surface area contributed by atoms with E-state index in [1.54, 1.807) is 0 Å². The number of nitrogens with one attached hydrogen (secondary N) is 1. The molecule has 0 fully saturated rings. The van der Waals surface area contributed by atoms with Crippen LogP contribution >= 0.6 is 11.6 Å². The monoisotopic (exact) mass is 485 g/mol. The Hall–Kier alpha value is -3.16. The summed E-state index contributed by atoms with van der Waals surface area (Å²) in [5.74, 6) is -1.22.